The molecule has 0 aliphatic rings. The lowest BCUT2D eigenvalue weighted by molar-refractivity contribution is -0.384. The van der Waals surface area contributed by atoms with E-state index in [2.05, 4.69) is 10.6 Å². The highest BCUT2D eigenvalue weighted by Crippen LogP contribution is 2.20. The molecule has 0 spiro atoms. The predicted octanol–water partition coefficient (Wildman–Crippen LogP) is 3.46. The van der Waals surface area contributed by atoms with Gasteiger partial charge in [0, 0.05) is 35.0 Å². The third-order valence-electron chi connectivity index (χ3n) is 3.73. The molecule has 0 saturated carbocycles. The number of nitro groups is 1. The van der Waals surface area contributed by atoms with Crippen molar-refractivity contribution < 1.29 is 24.0 Å². The summed E-state index contributed by atoms with van der Waals surface area (Å²) in [7, 11) is 0. The van der Waals surface area contributed by atoms with Crippen molar-refractivity contribution in [1.82, 2.24) is 0 Å². The van der Waals surface area contributed by atoms with Gasteiger partial charge in [-0.05, 0) is 30.7 Å². The fourth-order valence-electron chi connectivity index (χ4n) is 2.27. The number of amides is 2. The van der Waals surface area contributed by atoms with E-state index in [1.807, 2.05) is 0 Å². The van der Waals surface area contributed by atoms with E-state index in [9.17, 15) is 24.5 Å². The van der Waals surface area contributed by atoms with Crippen LogP contribution in [0.5, 0.6) is 0 Å². The summed E-state index contributed by atoms with van der Waals surface area (Å²) in [6, 6.07) is 10.4. The summed E-state index contributed by atoms with van der Waals surface area (Å²) in [5.74, 6) is -1.77. The van der Waals surface area contributed by atoms with Gasteiger partial charge in [0.2, 0.25) is 5.91 Å². The average molecular weight is 420 g/mol. The number of ether oxygens (including phenoxy) is 1. The molecule has 2 rings (SSSR count). The number of nitrogens with one attached hydrogen (secondary N) is 2. The first-order valence-corrected chi connectivity index (χ1v) is 8.88. The number of hydrogen-bond donors (Lipinski definition) is 2. The van der Waals surface area contributed by atoms with Gasteiger partial charge in [0.05, 0.1) is 11.3 Å². The van der Waals surface area contributed by atoms with E-state index in [0.29, 0.717) is 10.7 Å². The number of non-ortho nitro benzene ring substituents is 1. The molecule has 0 aromatic heterocycles. The van der Waals surface area contributed by atoms with Crippen molar-refractivity contribution in [3.8, 4) is 0 Å². The molecule has 0 unspecified atom stereocenters. The number of aryl methyl sites for hydroxylation is 1. The summed E-state index contributed by atoms with van der Waals surface area (Å²) in [6.07, 6.45) is -0.444. The first-order valence-electron chi connectivity index (χ1n) is 8.50. The lowest BCUT2D eigenvalue weighted by atomic mass is 10.2. The molecule has 0 aliphatic carbocycles. The Kier molecular flexibility index (Phi) is 7.67. The molecule has 0 bridgehead atoms. The van der Waals surface area contributed by atoms with Crippen LogP contribution >= 0.6 is 11.6 Å². The Labute approximate surface area is 171 Å². The van der Waals surface area contributed by atoms with Crippen molar-refractivity contribution in [2.75, 3.05) is 17.2 Å². The normalized spacial score (nSPS) is 10.1. The molecule has 2 aromatic carbocycles. The van der Waals surface area contributed by atoms with Crippen LogP contribution < -0.4 is 10.6 Å². The highest BCUT2D eigenvalue weighted by atomic mass is 35.5. The smallest absolute Gasteiger partial charge is 0.306 e. The van der Waals surface area contributed by atoms with E-state index >= 15 is 0 Å². The van der Waals surface area contributed by atoms with E-state index in [1.165, 1.54) is 24.3 Å². The molecular formula is C19H18ClN3O6. The summed E-state index contributed by atoms with van der Waals surface area (Å²) < 4.78 is 4.84. The second-order valence-corrected chi connectivity index (χ2v) is 6.46. The molecule has 2 aromatic rings. The Morgan fingerprint density at radius 3 is 2.55 bits per heavy atom. The van der Waals surface area contributed by atoms with Crippen LogP contribution in [0.1, 0.15) is 18.4 Å². The molecule has 0 saturated heterocycles. The van der Waals surface area contributed by atoms with Gasteiger partial charge in [-0.15, -0.1) is 0 Å². The number of nitrogens with zero attached hydrogens (tertiary/aromatic N) is 1. The summed E-state index contributed by atoms with van der Waals surface area (Å²) in [5, 5.41) is 16.2. The Morgan fingerprint density at radius 1 is 1.07 bits per heavy atom. The van der Waals surface area contributed by atoms with Crippen LogP contribution in [0.2, 0.25) is 5.02 Å². The Morgan fingerprint density at radius 2 is 1.83 bits per heavy atom. The minimum atomic E-state index is -0.725. The fourth-order valence-corrected chi connectivity index (χ4v) is 2.44. The van der Waals surface area contributed by atoms with Crippen LogP contribution in [0, 0.1) is 17.0 Å². The summed E-state index contributed by atoms with van der Waals surface area (Å²) in [4.78, 5) is 45.6. The van der Waals surface area contributed by atoms with Crippen LogP contribution in [0.25, 0.3) is 0 Å². The molecule has 2 N–H and O–H groups in total. The topological polar surface area (TPSA) is 128 Å². The number of rotatable bonds is 8. The van der Waals surface area contributed by atoms with E-state index in [-0.39, 0.29) is 24.2 Å². The minimum Gasteiger partial charge on any atom is -0.456 e. The van der Waals surface area contributed by atoms with Gasteiger partial charge in [0.25, 0.3) is 11.6 Å². The maximum atomic E-state index is 11.9. The number of anilines is 2. The number of carbonyl (C=O) groups excluding carboxylic acids is 3. The maximum Gasteiger partial charge on any atom is 0.306 e. The molecular weight excluding hydrogens is 402 g/mol. The van der Waals surface area contributed by atoms with Crippen LogP contribution in [0.3, 0.4) is 0 Å². The first-order chi connectivity index (χ1) is 13.7. The largest absolute Gasteiger partial charge is 0.456 e. The number of halogens is 1. The van der Waals surface area contributed by atoms with Gasteiger partial charge in [-0.2, -0.15) is 0 Å². The third kappa shape index (κ3) is 7.23. The Bertz CT molecular complexity index is 947. The molecule has 0 radical (unpaired) electrons. The molecule has 9 nitrogen and oxygen atoms in total. The minimum absolute atomic E-state index is 0.164. The van der Waals surface area contributed by atoms with Gasteiger partial charge >= 0.3 is 5.97 Å². The molecule has 0 heterocycles. The maximum absolute atomic E-state index is 11.9. The monoisotopic (exact) mass is 419 g/mol. The van der Waals surface area contributed by atoms with Gasteiger partial charge in [0.15, 0.2) is 6.61 Å². The SMILES string of the molecule is Cc1ccc(Cl)cc1NC(=O)COC(=O)CCC(=O)Nc1cccc([N+](=O)[O-])c1. The van der Waals surface area contributed by atoms with Crippen molar-refractivity contribution in [3.05, 3.63) is 63.2 Å². The van der Waals surface area contributed by atoms with Crippen molar-refractivity contribution in [3.63, 3.8) is 0 Å². The molecule has 0 atom stereocenters. The molecule has 2 amide bonds. The number of carbonyl (C=O) groups is 3. The first kappa shape index (κ1) is 21.8. The number of esters is 1. The highest BCUT2D eigenvalue weighted by molar-refractivity contribution is 6.31. The zero-order chi connectivity index (χ0) is 21.4. The van der Waals surface area contributed by atoms with Gasteiger partial charge in [-0.3, -0.25) is 24.5 Å². The standard InChI is InChI=1S/C19H18ClN3O6/c1-12-5-6-13(20)9-16(12)22-18(25)11-29-19(26)8-7-17(24)21-14-3-2-4-15(10-14)23(27)28/h2-6,9-10H,7-8,11H2,1H3,(H,21,24)(H,22,25). The molecule has 10 heteroatoms. The van der Waals surface area contributed by atoms with Crippen LogP contribution in [0.15, 0.2) is 42.5 Å². The average Bonchev–Trinajstić information content (AvgIpc) is 2.67. The molecule has 0 fully saturated rings. The molecule has 152 valence electrons. The fraction of sp³-hybridized carbons (Fsp3) is 0.211. The predicted molar refractivity (Wildman–Crippen MR) is 107 cm³/mol. The molecule has 0 aliphatic heterocycles. The second kappa shape index (κ2) is 10.2. The quantitative estimate of drug-likeness (QED) is 0.383. The van der Waals surface area contributed by atoms with Crippen molar-refractivity contribution >= 4 is 46.4 Å². The number of benzene rings is 2. The lowest BCUT2D eigenvalue weighted by Crippen LogP contribution is -2.22. The zero-order valence-corrected chi connectivity index (χ0v) is 16.2. The Hall–Kier alpha value is -3.46. The Balaban J connectivity index is 1.74. The second-order valence-electron chi connectivity index (χ2n) is 6.02. The molecule has 29 heavy (non-hydrogen) atoms. The van der Waals surface area contributed by atoms with Crippen molar-refractivity contribution in [2.45, 2.75) is 19.8 Å². The van der Waals surface area contributed by atoms with Crippen molar-refractivity contribution in [1.29, 1.82) is 0 Å². The van der Waals surface area contributed by atoms with E-state index in [1.54, 1.807) is 25.1 Å². The summed E-state index contributed by atoms with van der Waals surface area (Å²) >= 11 is 5.87. The van der Waals surface area contributed by atoms with E-state index in [0.717, 1.165) is 5.56 Å². The van der Waals surface area contributed by atoms with Gasteiger partial charge in [0.1, 0.15) is 0 Å². The summed E-state index contributed by atoms with van der Waals surface area (Å²) in [5.41, 5.74) is 1.39. The third-order valence-corrected chi connectivity index (χ3v) is 3.97. The van der Waals surface area contributed by atoms with E-state index < -0.39 is 29.3 Å². The highest BCUT2D eigenvalue weighted by Gasteiger charge is 2.13. The van der Waals surface area contributed by atoms with Crippen molar-refractivity contribution in [2.24, 2.45) is 0 Å². The van der Waals surface area contributed by atoms with Gasteiger partial charge in [-0.25, -0.2) is 0 Å². The summed E-state index contributed by atoms with van der Waals surface area (Å²) in [6.45, 7) is 1.29. The van der Waals surface area contributed by atoms with Crippen LogP contribution in [0.4, 0.5) is 17.1 Å². The lowest BCUT2D eigenvalue weighted by Gasteiger charge is -2.09. The van der Waals surface area contributed by atoms with Crippen LogP contribution in [-0.2, 0) is 19.1 Å². The van der Waals surface area contributed by atoms with Crippen LogP contribution in [-0.4, -0.2) is 29.3 Å². The van der Waals surface area contributed by atoms with E-state index in [4.69, 9.17) is 16.3 Å². The number of nitro benzene ring substituents is 1. The zero-order valence-electron chi connectivity index (χ0n) is 15.4. The van der Waals surface area contributed by atoms with Gasteiger partial charge in [-0.1, -0.05) is 23.7 Å². The number of hydrogen-bond acceptors (Lipinski definition) is 6. The van der Waals surface area contributed by atoms with Gasteiger partial charge < -0.3 is 15.4 Å².